The van der Waals surface area contributed by atoms with E-state index in [-0.39, 0.29) is 11.3 Å². The van der Waals surface area contributed by atoms with Gasteiger partial charge in [-0.1, -0.05) is 20.8 Å². The molecular weight excluding hydrogens is 314 g/mol. The molecule has 6 nitrogen and oxygen atoms in total. The summed E-state index contributed by atoms with van der Waals surface area (Å²) in [6.07, 6.45) is 1.41. The Balaban J connectivity index is 1.84. The van der Waals surface area contributed by atoms with Gasteiger partial charge >= 0.3 is 0 Å². The minimum atomic E-state index is 0.0153. The van der Waals surface area contributed by atoms with Crippen LogP contribution in [0.2, 0.25) is 0 Å². The molecule has 3 rings (SSSR count). The average Bonchev–Trinajstić information content (AvgIpc) is 2.53. The SMILES string of the molecule is Cc1nc2c(c(N3CCN(C)CC3)n1)CN(C(=O)CC(C)(C)C)CC2. The van der Waals surface area contributed by atoms with Crippen molar-refractivity contribution in [1.29, 1.82) is 0 Å². The zero-order valence-corrected chi connectivity index (χ0v) is 16.3. The van der Waals surface area contributed by atoms with Gasteiger partial charge in [-0.3, -0.25) is 4.79 Å². The minimum absolute atomic E-state index is 0.0153. The molecular formula is C19H31N5O. The molecule has 1 fully saturated rings. The molecule has 1 amide bonds. The first-order valence-corrected chi connectivity index (χ1v) is 9.30. The number of piperazine rings is 1. The molecule has 2 aliphatic rings. The molecule has 0 N–H and O–H groups in total. The lowest BCUT2D eigenvalue weighted by molar-refractivity contribution is -0.134. The van der Waals surface area contributed by atoms with Crippen LogP contribution in [0.1, 0.15) is 44.3 Å². The monoisotopic (exact) mass is 345 g/mol. The Hall–Kier alpha value is -1.69. The standard InChI is InChI=1S/C19H31N5O/c1-14-20-16-6-7-24(17(25)12-19(2,3)4)13-15(16)18(21-14)23-10-8-22(5)9-11-23/h6-13H2,1-5H3. The fraction of sp³-hybridized carbons (Fsp3) is 0.737. The quantitative estimate of drug-likeness (QED) is 0.819. The molecule has 0 aromatic carbocycles. The number of amides is 1. The topological polar surface area (TPSA) is 52.6 Å². The van der Waals surface area contributed by atoms with Crippen molar-refractivity contribution in [1.82, 2.24) is 19.8 Å². The maximum atomic E-state index is 12.7. The first-order valence-electron chi connectivity index (χ1n) is 9.30. The number of rotatable bonds is 2. The Morgan fingerprint density at radius 1 is 1.08 bits per heavy atom. The second-order valence-electron chi connectivity index (χ2n) is 8.61. The highest BCUT2D eigenvalue weighted by molar-refractivity contribution is 5.77. The largest absolute Gasteiger partial charge is 0.354 e. The van der Waals surface area contributed by atoms with Crippen molar-refractivity contribution in [3.8, 4) is 0 Å². The van der Waals surface area contributed by atoms with Crippen LogP contribution >= 0.6 is 0 Å². The molecule has 0 aliphatic carbocycles. The van der Waals surface area contributed by atoms with Crippen molar-refractivity contribution in [3.05, 3.63) is 17.1 Å². The third-order valence-corrected chi connectivity index (χ3v) is 4.99. The van der Waals surface area contributed by atoms with Crippen LogP contribution in [0.3, 0.4) is 0 Å². The highest BCUT2D eigenvalue weighted by Crippen LogP contribution is 2.29. The smallest absolute Gasteiger partial charge is 0.223 e. The molecule has 0 unspecified atom stereocenters. The van der Waals surface area contributed by atoms with E-state index >= 15 is 0 Å². The van der Waals surface area contributed by atoms with Gasteiger partial charge in [-0.2, -0.15) is 0 Å². The first-order chi connectivity index (χ1) is 11.7. The van der Waals surface area contributed by atoms with Gasteiger partial charge < -0.3 is 14.7 Å². The van der Waals surface area contributed by atoms with Gasteiger partial charge in [0.2, 0.25) is 5.91 Å². The number of hydrogen-bond donors (Lipinski definition) is 0. The zero-order valence-electron chi connectivity index (χ0n) is 16.3. The van der Waals surface area contributed by atoms with Gasteiger partial charge in [0, 0.05) is 51.1 Å². The van der Waals surface area contributed by atoms with Gasteiger partial charge in [-0.15, -0.1) is 0 Å². The second kappa shape index (κ2) is 6.90. The van der Waals surface area contributed by atoms with Crippen molar-refractivity contribution in [2.75, 3.05) is 44.7 Å². The third kappa shape index (κ3) is 4.29. The van der Waals surface area contributed by atoms with Gasteiger partial charge in [0.1, 0.15) is 11.6 Å². The highest BCUT2D eigenvalue weighted by Gasteiger charge is 2.29. The molecule has 1 aromatic rings. The summed E-state index contributed by atoms with van der Waals surface area (Å²) in [7, 11) is 2.16. The molecule has 25 heavy (non-hydrogen) atoms. The number of aryl methyl sites for hydroxylation is 1. The summed E-state index contributed by atoms with van der Waals surface area (Å²) in [5.41, 5.74) is 2.30. The lowest BCUT2D eigenvalue weighted by atomic mass is 9.91. The van der Waals surface area contributed by atoms with E-state index < -0.39 is 0 Å². The van der Waals surface area contributed by atoms with Gasteiger partial charge in [0.05, 0.1) is 12.2 Å². The van der Waals surface area contributed by atoms with E-state index in [1.54, 1.807) is 0 Å². The average molecular weight is 345 g/mol. The lowest BCUT2D eigenvalue weighted by Gasteiger charge is -2.37. The number of carbonyl (C=O) groups excluding carboxylic acids is 1. The lowest BCUT2D eigenvalue weighted by Crippen LogP contribution is -2.46. The molecule has 0 radical (unpaired) electrons. The Bertz CT molecular complexity index is 644. The molecule has 6 heteroatoms. The number of carbonyl (C=O) groups is 1. The van der Waals surface area contributed by atoms with E-state index in [2.05, 4.69) is 42.6 Å². The van der Waals surface area contributed by atoms with Crippen LogP contribution in [-0.2, 0) is 17.8 Å². The van der Waals surface area contributed by atoms with Crippen LogP contribution in [0.5, 0.6) is 0 Å². The van der Waals surface area contributed by atoms with Crippen LogP contribution in [0.25, 0.3) is 0 Å². The van der Waals surface area contributed by atoms with Crippen LogP contribution < -0.4 is 4.90 Å². The summed E-state index contributed by atoms with van der Waals surface area (Å²) >= 11 is 0. The van der Waals surface area contributed by atoms with Crippen molar-refractivity contribution >= 4 is 11.7 Å². The number of likely N-dealkylation sites (N-methyl/N-ethyl adjacent to an activating group) is 1. The highest BCUT2D eigenvalue weighted by atomic mass is 16.2. The minimum Gasteiger partial charge on any atom is -0.354 e. The fourth-order valence-corrected chi connectivity index (χ4v) is 3.58. The predicted molar refractivity (Wildman–Crippen MR) is 99.7 cm³/mol. The molecule has 0 atom stereocenters. The Kier molecular flexibility index (Phi) is 5.00. The van der Waals surface area contributed by atoms with E-state index in [9.17, 15) is 4.79 Å². The summed E-state index contributed by atoms with van der Waals surface area (Å²) in [5, 5.41) is 0. The molecule has 0 spiro atoms. The van der Waals surface area contributed by atoms with Crippen LogP contribution in [0.4, 0.5) is 5.82 Å². The van der Waals surface area contributed by atoms with Gasteiger partial charge in [0.15, 0.2) is 0 Å². The zero-order chi connectivity index (χ0) is 18.2. The first kappa shape index (κ1) is 18.1. The molecule has 0 bridgehead atoms. The van der Waals surface area contributed by atoms with Crippen LogP contribution in [0, 0.1) is 12.3 Å². The molecule has 1 saturated heterocycles. The molecule has 1 aromatic heterocycles. The van der Waals surface area contributed by atoms with Crippen molar-refractivity contribution in [3.63, 3.8) is 0 Å². The van der Waals surface area contributed by atoms with E-state index in [1.807, 2.05) is 11.8 Å². The number of anilines is 1. The van der Waals surface area contributed by atoms with Crippen molar-refractivity contribution < 1.29 is 4.79 Å². The van der Waals surface area contributed by atoms with Crippen molar-refractivity contribution in [2.45, 2.75) is 47.1 Å². The Labute approximate surface area is 151 Å². The molecule has 2 aliphatic heterocycles. The molecule has 138 valence electrons. The fourth-order valence-electron chi connectivity index (χ4n) is 3.58. The van der Waals surface area contributed by atoms with E-state index in [4.69, 9.17) is 4.98 Å². The molecule has 3 heterocycles. The van der Waals surface area contributed by atoms with Crippen LogP contribution in [-0.4, -0.2) is 65.4 Å². The summed E-state index contributed by atoms with van der Waals surface area (Å²) in [6.45, 7) is 13.8. The number of nitrogens with zero attached hydrogens (tertiary/aromatic N) is 5. The number of fused-ring (bicyclic) bond motifs is 1. The normalized spacial score (nSPS) is 19.1. The Morgan fingerprint density at radius 2 is 1.76 bits per heavy atom. The third-order valence-electron chi connectivity index (χ3n) is 4.99. The van der Waals surface area contributed by atoms with Gasteiger partial charge in [-0.25, -0.2) is 9.97 Å². The van der Waals surface area contributed by atoms with Gasteiger partial charge in [0.25, 0.3) is 0 Å². The maximum Gasteiger partial charge on any atom is 0.223 e. The predicted octanol–water partition coefficient (Wildman–Crippen LogP) is 1.86. The maximum absolute atomic E-state index is 12.7. The summed E-state index contributed by atoms with van der Waals surface area (Å²) in [5.74, 6) is 2.12. The Morgan fingerprint density at radius 3 is 2.40 bits per heavy atom. The van der Waals surface area contributed by atoms with Crippen LogP contribution in [0.15, 0.2) is 0 Å². The van der Waals surface area contributed by atoms with Crippen molar-refractivity contribution in [2.24, 2.45) is 5.41 Å². The van der Waals surface area contributed by atoms with E-state index in [0.717, 1.165) is 62.0 Å². The van der Waals surface area contributed by atoms with E-state index in [1.165, 1.54) is 0 Å². The number of aromatic nitrogens is 2. The van der Waals surface area contributed by atoms with E-state index in [0.29, 0.717) is 13.0 Å². The summed E-state index contributed by atoms with van der Waals surface area (Å²) in [4.78, 5) is 28.8. The summed E-state index contributed by atoms with van der Waals surface area (Å²) in [6, 6.07) is 0. The summed E-state index contributed by atoms with van der Waals surface area (Å²) < 4.78 is 0. The van der Waals surface area contributed by atoms with Gasteiger partial charge in [-0.05, 0) is 19.4 Å². The second-order valence-corrected chi connectivity index (χ2v) is 8.61. The molecule has 0 saturated carbocycles. The number of hydrogen-bond acceptors (Lipinski definition) is 5.